The van der Waals surface area contributed by atoms with Crippen LogP contribution in [0, 0.1) is 0 Å². The lowest BCUT2D eigenvalue weighted by Gasteiger charge is -2.09. The average molecular weight is 249 g/mol. The Labute approximate surface area is 109 Å². The zero-order valence-electron chi connectivity index (χ0n) is 10.1. The summed E-state index contributed by atoms with van der Waals surface area (Å²) in [6.07, 6.45) is 0.599. The second-order valence-corrected chi connectivity index (χ2v) is 4.82. The van der Waals surface area contributed by atoms with Crippen molar-refractivity contribution in [2.45, 2.75) is 6.42 Å². The molecule has 0 unspecified atom stereocenters. The van der Waals surface area contributed by atoms with Gasteiger partial charge in [-0.3, -0.25) is 4.79 Å². The maximum Gasteiger partial charge on any atom is 0.290 e. The number of fused-ring (bicyclic) bond motifs is 5. The van der Waals surface area contributed by atoms with E-state index in [4.69, 9.17) is 0 Å². The van der Waals surface area contributed by atoms with Crippen molar-refractivity contribution in [3.63, 3.8) is 0 Å². The van der Waals surface area contributed by atoms with Gasteiger partial charge in [-0.25, -0.2) is 0 Å². The highest BCUT2D eigenvalue weighted by atomic mass is 16.5. The normalized spacial score (nSPS) is 12.4. The third-order valence-corrected chi connectivity index (χ3v) is 3.81. The van der Waals surface area contributed by atoms with E-state index in [1.807, 2.05) is 42.5 Å². The molecule has 1 aromatic heterocycles. The fourth-order valence-corrected chi connectivity index (χ4v) is 2.95. The molecule has 0 amide bonds. The molecule has 2 aromatic carbocycles. The zero-order valence-corrected chi connectivity index (χ0v) is 10.1. The van der Waals surface area contributed by atoms with Gasteiger partial charge in [0, 0.05) is 12.0 Å². The molecule has 0 spiro atoms. The first-order chi connectivity index (χ1) is 9.27. The molecule has 0 aliphatic heterocycles. The van der Waals surface area contributed by atoms with Gasteiger partial charge in [-0.15, -0.1) is 0 Å². The van der Waals surface area contributed by atoms with Crippen LogP contribution in [0.15, 0.2) is 53.3 Å². The molecule has 0 saturated heterocycles. The van der Waals surface area contributed by atoms with Crippen LogP contribution in [0.4, 0.5) is 0 Å². The van der Waals surface area contributed by atoms with Crippen molar-refractivity contribution >= 4 is 10.8 Å². The summed E-state index contributed by atoms with van der Waals surface area (Å²) in [7, 11) is 0. The molecule has 0 saturated carbocycles. The second-order valence-electron chi connectivity index (χ2n) is 4.82. The Balaban J connectivity index is 2.26. The van der Waals surface area contributed by atoms with E-state index < -0.39 is 0 Å². The molecule has 1 aliphatic rings. The number of nitrogens with zero attached hydrogens (tertiary/aromatic N) is 1. The van der Waals surface area contributed by atoms with Crippen molar-refractivity contribution < 1.29 is 5.21 Å². The van der Waals surface area contributed by atoms with Crippen molar-refractivity contribution in [1.82, 2.24) is 4.73 Å². The molecule has 1 aliphatic carbocycles. The van der Waals surface area contributed by atoms with E-state index in [1.165, 1.54) is 0 Å². The van der Waals surface area contributed by atoms with Crippen LogP contribution in [0.5, 0.6) is 0 Å². The Morgan fingerprint density at radius 3 is 2.47 bits per heavy atom. The maximum atomic E-state index is 12.2. The summed E-state index contributed by atoms with van der Waals surface area (Å²) < 4.78 is 0.803. The lowest BCUT2D eigenvalue weighted by Crippen LogP contribution is -2.21. The number of hydrogen-bond donors (Lipinski definition) is 1. The SMILES string of the molecule is O=c1c2ccccc2c2c(n1O)Cc1ccccc1-2. The molecule has 19 heavy (non-hydrogen) atoms. The van der Waals surface area contributed by atoms with E-state index >= 15 is 0 Å². The molecule has 0 bridgehead atoms. The first-order valence-corrected chi connectivity index (χ1v) is 6.21. The quantitative estimate of drug-likeness (QED) is 0.487. The Hall–Kier alpha value is -2.55. The third-order valence-electron chi connectivity index (χ3n) is 3.81. The van der Waals surface area contributed by atoms with Gasteiger partial charge in [-0.1, -0.05) is 42.5 Å². The van der Waals surface area contributed by atoms with E-state index in [0.717, 1.165) is 26.8 Å². The van der Waals surface area contributed by atoms with Crippen LogP contribution in [0.1, 0.15) is 11.3 Å². The molecular formula is C16H11NO2. The highest BCUT2D eigenvalue weighted by Gasteiger charge is 2.25. The smallest absolute Gasteiger partial charge is 0.290 e. The number of benzene rings is 2. The van der Waals surface area contributed by atoms with Gasteiger partial charge in [0.1, 0.15) is 0 Å². The number of rotatable bonds is 0. The predicted molar refractivity (Wildman–Crippen MR) is 73.6 cm³/mol. The van der Waals surface area contributed by atoms with Gasteiger partial charge in [0.15, 0.2) is 0 Å². The van der Waals surface area contributed by atoms with E-state index in [9.17, 15) is 10.0 Å². The highest BCUT2D eigenvalue weighted by molar-refractivity contribution is 5.99. The number of hydrogen-bond acceptors (Lipinski definition) is 2. The van der Waals surface area contributed by atoms with Gasteiger partial charge in [-0.2, -0.15) is 4.73 Å². The predicted octanol–water partition coefficient (Wildman–Crippen LogP) is 2.81. The van der Waals surface area contributed by atoms with Crippen LogP contribution >= 0.6 is 0 Å². The summed E-state index contributed by atoms with van der Waals surface area (Å²) in [6, 6.07) is 15.5. The summed E-state index contributed by atoms with van der Waals surface area (Å²) in [4.78, 5) is 12.2. The van der Waals surface area contributed by atoms with Crippen LogP contribution < -0.4 is 5.56 Å². The molecule has 3 nitrogen and oxygen atoms in total. The van der Waals surface area contributed by atoms with Crippen molar-refractivity contribution in [3.8, 4) is 11.1 Å². The standard InChI is InChI=1S/C16H11NO2/c18-16-13-8-4-3-7-12(13)15-11-6-2-1-5-10(11)9-14(15)17(16)19/h1-8,19H,9H2. The average Bonchev–Trinajstić information content (AvgIpc) is 2.84. The Kier molecular flexibility index (Phi) is 1.90. The molecule has 3 aromatic rings. The van der Waals surface area contributed by atoms with Crippen LogP contribution in [-0.2, 0) is 6.42 Å². The minimum absolute atomic E-state index is 0.345. The van der Waals surface area contributed by atoms with Gasteiger partial charge >= 0.3 is 0 Å². The molecule has 4 rings (SSSR count). The molecule has 1 N–H and O–H groups in total. The Morgan fingerprint density at radius 1 is 0.947 bits per heavy atom. The van der Waals surface area contributed by atoms with E-state index in [2.05, 4.69) is 0 Å². The minimum atomic E-state index is -0.345. The first kappa shape index (κ1) is 10.4. The summed E-state index contributed by atoms with van der Waals surface area (Å²) in [5.41, 5.74) is 3.58. The van der Waals surface area contributed by atoms with Gasteiger partial charge in [0.25, 0.3) is 5.56 Å². The van der Waals surface area contributed by atoms with Crippen LogP contribution in [-0.4, -0.2) is 9.94 Å². The third kappa shape index (κ3) is 1.24. The van der Waals surface area contributed by atoms with Gasteiger partial charge in [0.2, 0.25) is 0 Å². The molecule has 0 atom stereocenters. The first-order valence-electron chi connectivity index (χ1n) is 6.21. The zero-order chi connectivity index (χ0) is 13.0. The van der Waals surface area contributed by atoms with Crippen LogP contribution in [0.2, 0.25) is 0 Å². The lowest BCUT2D eigenvalue weighted by molar-refractivity contribution is 0.169. The minimum Gasteiger partial charge on any atom is -0.425 e. The summed E-state index contributed by atoms with van der Waals surface area (Å²) >= 11 is 0. The largest absolute Gasteiger partial charge is 0.425 e. The van der Waals surface area contributed by atoms with Crippen molar-refractivity contribution in [3.05, 3.63) is 70.1 Å². The van der Waals surface area contributed by atoms with Crippen molar-refractivity contribution in [2.75, 3.05) is 0 Å². The van der Waals surface area contributed by atoms with E-state index in [-0.39, 0.29) is 5.56 Å². The maximum absolute atomic E-state index is 12.2. The van der Waals surface area contributed by atoms with E-state index in [1.54, 1.807) is 6.07 Å². The highest BCUT2D eigenvalue weighted by Crippen LogP contribution is 2.39. The fourth-order valence-electron chi connectivity index (χ4n) is 2.95. The fraction of sp³-hybridized carbons (Fsp3) is 0.0625. The lowest BCUT2D eigenvalue weighted by atomic mass is 10.0. The topological polar surface area (TPSA) is 42.2 Å². The molecule has 0 radical (unpaired) electrons. The summed E-state index contributed by atoms with van der Waals surface area (Å²) in [5.74, 6) is 0. The summed E-state index contributed by atoms with van der Waals surface area (Å²) in [5, 5.41) is 11.6. The molecular weight excluding hydrogens is 238 g/mol. The van der Waals surface area contributed by atoms with Crippen molar-refractivity contribution in [2.24, 2.45) is 0 Å². The number of pyridine rings is 1. The monoisotopic (exact) mass is 249 g/mol. The van der Waals surface area contributed by atoms with Crippen molar-refractivity contribution in [1.29, 1.82) is 0 Å². The molecule has 92 valence electrons. The van der Waals surface area contributed by atoms with Gasteiger partial charge in [0.05, 0.1) is 11.1 Å². The molecule has 1 heterocycles. The van der Waals surface area contributed by atoms with Gasteiger partial charge in [-0.05, 0) is 22.6 Å². The van der Waals surface area contributed by atoms with E-state index in [0.29, 0.717) is 17.5 Å². The molecule has 3 heteroatoms. The Bertz CT molecular complexity index is 878. The van der Waals surface area contributed by atoms with Gasteiger partial charge < -0.3 is 5.21 Å². The number of aromatic nitrogens is 1. The van der Waals surface area contributed by atoms with Crippen LogP contribution in [0.25, 0.3) is 21.9 Å². The molecule has 0 fully saturated rings. The summed E-state index contributed by atoms with van der Waals surface area (Å²) in [6.45, 7) is 0. The second kappa shape index (κ2) is 3.48. The Morgan fingerprint density at radius 2 is 1.63 bits per heavy atom. The van der Waals surface area contributed by atoms with Crippen LogP contribution in [0.3, 0.4) is 0 Å².